The summed E-state index contributed by atoms with van der Waals surface area (Å²) in [5.41, 5.74) is 15.7. The Morgan fingerprint density at radius 2 is 0.972 bits per heavy atom. The van der Waals surface area contributed by atoms with Crippen LogP contribution in [0.2, 0.25) is 0 Å². The van der Waals surface area contributed by atoms with Gasteiger partial charge in [0.25, 0.3) is 5.91 Å². The van der Waals surface area contributed by atoms with Crippen molar-refractivity contribution in [3.05, 3.63) is 126 Å². The number of anilines is 1. The molecule has 2 aliphatic heterocycles. The highest BCUT2D eigenvalue weighted by Gasteiger charge is 2.35. The van der Waals surface area contributed by atoms with Gasteiger partial charge in [0.1, 0.15) is 66.5 Å². The van der Waals surface area contributed by atoms with Gasteiger partial charge in [0.2, 0.25) is 70.9 Å². The van der Waals surface area contributed by atoms with Crippen molar-refractivity contribution in [1.82, 2.24) is 84.7 Å². The molecule has 6 rings (SSSR count). The summed E-state index contributed by atoms with van der Waals surface area (Å²) < 4.78 is 0. The minimum Gasteiger partial charge on any atom is -0.370 e. The standard InChI is InChI=1S/C72H98N22O14S/c1-2-47-62(100)82-41-59(97)85-48(24-15-34-79-71(73)74)65(103)90-51(67(105)92-54(69(107)87-47)37-43-17-5-3-6-18-43)23-12-14-33-78-63(101)52(88-61(99)46-27-29-57(81-39-46)94-84-40-45-21-9-10-26-56(45)109)28-30-58(96)77-32-13-11-22-50-68(106)93-55(38-44-19-7-4-8-20-44)70(108)91-53(31-36-95)64(102)83-42-60(98)86-49(66(104)89-50)25-16-35-80-72(75)76/h3-10,17-21,26-27,29,36,39-40,47-55,109H,2,11-16,22-25,28,30-35,37-38,41-42H2,1H3,(H,77,96)(H,78,101)(H,81,94)(H,82,100)(H,83,102)(H,85,97)(H,86,98)(H,87,107)(H,88,99)(H,89,104)(H,90,103)(H,91,108)(H,92,105)(H,93,106)(H4,73,74,79)(H4,75,76,80)/t47-,48+,49+,50-,51?,52?,53-,54-,55-/m1/s1. The summed E-state index contributed by atoms with van der Waals surface area (Å²) in [5.74, 6) is -10.2. The van der Waals surface area contributed by atoms with E-state index in [1.807, 2.05) is 12.1 Å². The fraction of sp³-hybridized carbons (Fsp3) is 0.444. The van der Waals surface area contributed by atoms with Crippen molar-refractivity contribution in [1.29, 1.82) is 10.8 Å². The third-order valence-corrected chi connectivity index (χ3v) is 17.7. The van der Waals surface area contributed by atoms with Crippen molar-refractivity contribution in [3.63, 3.8) is 0 Å². The molecule has 3 aromatic carbocycles. The number of pyridine rings is 1. The Hall–Kier alpha value is -12.1. The number of nitrogens with one attached hydrogen (secondary N) is 18. The summed E-state index contributed by atoms with van der Waals surface area (Å²) in [6.45, 7) is 0.662. The molecule has 4 aromatic rings. The molecular weight excluding hydrogens is 1430 g/mol. The van der Waals surface area contributed by atoms with Crippen molar-refractivity contribution in [2.24, 2.45) is 16.6 Å². The average molecular weight is 1530 g/mol. The van der Waals surface area contributed by atoms with Gasteiger partial charge in [-0.05, 0) is 106 Å². The Bertz CT molecular complexity index is 3840. The van der Waals surface area contributed by atoms with E-state index in [0.717, 1.165) is 5.56 Å². The number of hydrogen-bond donors (Lipinski definition) is 21. The third-order valence-electron chi connectivity index (χ3n) is 17.3. The Morgan fingerprint density at radius 1 is 0.532 bits per heavy atom. The lowest BCUT2D eigenvalue weighted by Crippen LogP contribution is -2.58. The zero-order valence-electron chi connectivity index (χ0n) is 60.4. The van der Waals surface area contributed by atoms with Gasteiger partial charge >= 0.3 is 0 Å². The Balaban J connectivity index is 1.16. The van der Waals surface area contributed by atoms with Crippen molar-refractivity contribution >= 4 is 120 Å². The first-order valence-electron chi connectivity index (χ1n) is 35.9. The molecule has 0 bridgehead atoms. The lowest BCUT2D eigenvalue weighted by atomic mass is 10.0. The lowest BCUT2D eigenvalue weighted by molar-refractivity contribution is -0.134. The van der Waals surface area contributed by atoms with Gasteiger partial charge in [-0.25, -0.2) is 4.98 Å². The van der Waals surface area contributed by atoms with Crippen LogP contribution in [0.25, 0.3) is 0 Å². The van der Waals surface area contributed by atoms with Crippen LogP contribution in [0.4, 0.5) is 5.82 Å². The number of carbonyl (C=O) groups is 14. The maximum atomic E-state index is 14.5. The van der Waals surface area contributed by atoms with Crippen LogP contribution >= 0.6 is 12.6 Å². The Labute approximate surface area is 635 Å². The topological polar surface area (TPSA) is 556 Å². The number of amides is 13. The molecule has 36 nitrogen and oxygen atoms in total. The molecule has 0 spiro atoms. The zero-order valence-corrected chi connectivity index (χ0v) is 61.3. The summed E-state index contributed by atoms with van der Waals surface area (Å²) >= 11 is 4.43. The fourth-order valence-corrected chi connectivity index (χ4v) is 11.6. The lowest BCUT2D eigenvalue weighted by Gasteiger charge is -2.26. The van der Waals surface area contributed by atoms with Gasteiger partial charge in [-0.1, -0.05) is 85.8 Å². The highest BCUT2D eigenvalue weighted by molar-refractivity contribution is 7.80. The minimum atomic E-state index is -1.45. The molecule has 9 atom stereocenters. The molecule has 2 aliphatic rings. The van der Waals surface area contributed by atoms with E-state index >= 15 is 0 Å². The predicted molar refractivity (Wildman–Crippen MR) is 404 cm³/mol. The number of benzene rings is 3. The molecule has 13 amide bonds. The number of rotatable bonds is 34. The van der Waals surface area contributed by atoms with E-state index in [4.69, 9.17) is 22.3 Å². The summed E-state index contributed by atoms with van der Waals surface area (Å²) in [5, 5.41) is 58.9. The van der Waals surface area contributed by atoms with Gasteiger partial charge < -0.3 is 96.0 Å². The second-order valence-electron chi connectivity index (χ2n) is 25.8. The van der Waals surface area contributed by atoms with E-state index in [0.29, 0.717) is 22.3 Å². The number of nitrogens with two attached hydrogens (primary N) is 2. The second kappa shape index (κ2) is 46.1. The van der Waals surface area contributed by atoms with Crippen LogP contribution in [-0.4, -0.2) is 200 Å². The maximum absolute atomic E-state index is 14.5. The van der Waals surface area contributed by atoms with E-state index in [1.54, 1.807) is 79.7 Å². The summed E-state index contributed by atoms with van der Waals surface area (Å²) in [7, 11) is 0. The third kappa shape index (κ3) is 31.1. The largest absolute Gasteiger partial charge is 0.370 e. The van der Waals surface area contributed by atoms with E-state index in [-0.39, 0.29) is 146 Å². The Morgan fingerprint density at radius 3 is 1.46 bits per heavy atom. The van der Waals surface area contributed by atoms with Crippen LogP contribution in [0.15, 0.2) is 113 Å². The first-order valence-corrected chi connectivity index (χ1v) is 36.4. The minimum absolute atomic E-state index is 0.00114. The molecular formula is C72H98N22O14S. The van der Waals surface area contributed by atoms with Gasteiger partial charge in [0.15, 0.2) is 11.9 Å². The van der Waals surface area contributed by atoms with Crippen molar-refractivity contribution in [2.75, 3.05) is 44.7 Å². The number of aldehydes is 1. The highest BCUT2D eigenvalue weighted by Crippen LogP contribution is 2.15. The van der Waals surface area contributed by atoms with Gasteiger partial charge in [-0.3, -0.25) is 78.6 Å². The quantitative estimate of drug-likeness (QED) is 0.00570. The number of aromatic nitrogens is 1. The van der Waals surface area contributed by atoms with Gasteiger partial charge in [-0.2, -0.15) is 5.10 Å². The molecule has 22 N–H and O–H groups in total. The Kier molecular flexibility index (Phi) is 36.3. The fourth-order valence-electron chi connectivity index (χ4n) is 11.4. The van der Waals surface area contributed by atoms with Crippen molar-refractivity contribution < 1.29 is 67.1 Å². The summed E-state index contributed by atoms with van der Waals surface area (Å²) in [6, 6.07) is 15.8. The first kappa shape index (κ1) is 85.9. The highest BCUT2D eigenvalue weighted by atomic mass is 32.1. The molecule has 2 fully saturated rings. The molecule has 3 heterocycles. The van der Waals surface area contributed by atoms with E-state index < -0.39 is 151 Å². The van der Waals surface area contributed by atoms with Crippen LogP contribution < -0.4 is 96.6 Å². The summed E-state index contributed by atoms with van der Waals surface area (Å²) in [6.07, 6.45) is 3.08. The molecule has 0 saturated carbocycles. The normalized spacial score (nSPS) is 20.2. The van der Waals surface area contributed by atoms with Gasteiger partial charge in [0, 0.05) is 68.5 Å². The monoisotopic (exact) mass is 1530 g/mol. The zero-order chi connectivity index (χ0) is 79.0. The molecule has 2 saturated heterocycles. The van der Waals surface area contributed by atoms with Crippen molar-refractivity contribution in [3.8, 4) is 0 Å². The van der Waals surface area contributed by atoms with Crippen LogP contribution in [0.1, 0.15) is 124 Å². The first-order chi connectivity index (χ1) is 52.4. The maximum Gasteiger partial charge on any atom is 0.253 e. The van der Waals surface area contributed by atoms with E-state index in [1.165, 1.54) is 24.5 Å². The van der Waals surface area contributed by atoms with Crippen molar-refractivity contribution in [2.45, 2.75) is 169 Å². The van der Waals surface area contributed by atoms with Gasteiger partial charge in [-0.15, -0.1) is 12.6 Å². The van der Waals surface area contributed by atoms with E-state index in [2.05, 4.69) is 108 Å². The number of guanidine groups is 2. The number of nitrogens with zero attached hydrogens (tertiary/aromatic N) is 2. The number of thiol groups is 1. The smallest absolute Gasteiger partial charge is 0.253 e. The second-order valence-corrected chi connectivity index (χ2v) is 26.2. The number of unbranched alkanes of at least 4 members (excludes halogenated alkanes) is 2. The number of hydrazone groups is 1. The van der Waals surface area contributed by atoms with Crippen LogP contribution in [-0.2, 0) is 75.2 Å². The SMILES string of the molecule is CC[C@H]1NC(=O)[C@@H](Cc2ccccc2)NC(=O)C(CCCCNC(=O)C(CCC(=O)NCCCC[C@H]2NC(=O)[C@H](CCCNC(=N)N)NC(=O)CNC(=O)[C@@H](CC=O)NC(=O)[C@@H](Cc3ccccc3)NC2=O)NC(=O)c2ccc(NN=Cc3ccccc3S)nc2)NC(=O)[C@H](CCCNC(=N)N)NC(=O)CNC1=O. The van der Waals surface area contributed by atoms with Crippen LogP contribution in [0.5, 0.6) is 0 Å². The number of hydrogen-bond acceptors (Lipinski definition) is 20. The molecule has 37 heteroatoms. The molecule has 0 radical (unpaired) electrons. The molecule has 1 aromatic heterocycles. The van der Waals surface area contributed by atoms with Crippen LogP contribution in [0.3, 0.4) is 0 Å². The predicted octanol–water partition coefficient (Wildman–Crippen LogP) is -2.58. The number of carbonyl (C=O) groups excluding carboxylic acids is 14. The molecule has 2 unspecified atom stereocenters. The van der Waals surface area contributed by atoms with E-state index in [9.17, 15) is 67.1 Å². The molecule has 0 aliphatic carbocycles. The summed E-state index contributed by atoms with van der Waals surface area (Å²) in [4.78, 5) is 197. The van der Waals surface area contributed by atoms with Crippen LogP contribution in [0, 0.1) is 10.8 Å². The molecule has 109 heavy (non-hydrogen) atoms. The molecule has 586 valence electrons. The van der Waals surface area contributed by atoms with Gasteiger partial charge in [0.05, 0.1) is 24.9 Å². The average Bonchev–Trinajstić information content (AvgIpc) is 1.76.